The van der Waals surface area contributed by atoms with Crippen LogP contribution in [0.15, 0.2) is 4.99 Å². The van der Waals surface area contributed by atoms with Crippen molar-refractivity contribution in [3.8, 4) is 0 Å². The van der Waals surface area contributed by atoms with Crippen molar-refractivity contribution in [3.05, 3.63) is 0 Å². The van der Waals surface area contributed by atoms with Gasteiger partial charge in [-0.2, -0.15) is 0 Å². The van der Waals surface area contributed by atoms with Gasteiger partial charge in [-0.15, -0.1) is 0 Å². The largest absolute Gasteiger partial charge is 0.378 e. The standard InChI is InChI=1S/C15H29N3O/c1-3-16-15(18-10-7-13(2)8-11-18)17-9-6-14-5-4-12-19-14/h13-14H,3-12H2,1-2H3,(H,16,17). The molecule has 0 spiro atoms. The van der Waals surface area contributed by atoms with E-state index in [9.17, 15) is 0 Å². The fraction of sp³-hybridized carbons (Fsp3) is 0.933. The highest BCUT2D eigenvalue weighted by atomic mass is 16.5. The van der Waals surface area contributed by atoms with Crippen molar-refractivity contribution in [1.82, 2.24) is 10.2 Å². The molecule has 2 aliphatic heterocycles. The third kappa shape index (κ3) is 4.68. The van der Waals surface area contributed by atoms with Crippen LogP contribution in [0.5, 0.6) is 0 Å². The highest BCUT2D eigenvalue weighted by Gasteiger charge is 2.19. The number of hydrogen-bond donors (Lipinski definition) is 1. The van der Waals surface area contributed by atoms with Crippen LogP contribution in [0.1, 0.15) is 46.0 Å². The molecule has 2 fully saturated rings. The molecule has 1 unspecified atom stereocenters. The van der Waals surface area contributed by atoms with Gasteiger partial charge in [0.25, 0.3) is 0 Å². The molecule has 0 aromatic rings. The first-order chi connectivity index (χ1) is 9.29. The van der Waals surface area contributed by atoms with Crippen molar-refractivity contribution in [1.29, 1.82) is 0 Å². The lowest BCUT2D eigenvalue weighted by Crippen LogP contribution is -2.45. The third-order valence-electron chi connectivity index (χ3n) is 4.15. The van der Waals surface area contributed by atoms with Crippen molar-refractivity contribution in [2.24, 2.45) is 10.9 Å². The predicted octanol–water partition coefficient (Wildman–Crippen LogP) is 2.25. The Morgan fingerprint density at radius 3 is 2.74 bits per heavy atom. The predicted molar refractivity (Wildman–Crippen MR) is 79.5 cm³/mol. The van der Waals surface area contributed by atoms with E-state index in [0.717, 1.165) is 51.1 Å². The third-order valence-corrected chi connectivity index (χ3v) is 4.15. The monoisotopic (exact) mass is 267 g/mol. The quantitative estimate of drug-likeness (QED) is 0.627. The van der Waals surface area contributed by atoms with Crippen LogP contribution in [-0.2, 0) is 4.74 Å². The van der Waals surface area contributed by atoms with Gasteiger partial charge in [0, 0.05) is 32.8 Å². The second kappa shape index (κ2) is 7.73. The fourth-order valence-electron chi connectivity index (χ4n) is 2.83. The maximum absolute atomic E-state index is 5.65. The van der Waals surface area contributed by atoms with Crippen LogP contribution in [0.3, 0.4) is 0 Å². The highest BCUT2D eigenvalue weighted by Crippen LogP contribution is 2.17. The summed E-state index contributed by atoms with van der Waals surface area (Å²) in [7, 11) is 0. The Balaban J connectivity index is 1.79. The molecule has 0 aromatic carbocycles. The molecule has 2 rings (SSSR count). The summed E-state index contributed by atoms with van der Waals surface area (Å²) < 4.78 is 5.65. The molecular formula is C15H29N3O. The van der Waals surface area contributed by atoms with E-state index in [1.807, 2.05) is 0 Å². The summed E-state index contributed by atoms with van der Waals surface area (Å²) in [5, 5.41) is 3.43. The number of likely N-dealkylation sites (tertiary alicyclic amines) is 1. The SMILES string of the molecule is CCNC(=NCCC1CCCO1)N1CCC(C)CC1. The van der Waals surface area contributed by atoms with Crippen LogP contribution >= 0.6 is 0 Å². The molecule has 2 aliphatic rings. The zero-order valence-corrected chi connectivity index (χ0v) is 12.5. The Morgan fingerprint density at radius 1 is 1.32 bits per heavy atom. The van der Waals surface area contributed by atoms with Crippen LogP contribution in [0.25, 0.3) is 0 Å². The van der Waals surface area contributed by atoms with Gasteiger partial charge in [-0.1, -0.05) is 6.92 Å². The molecule has 0 saturated carbocycles. The molecule has 4 heteroatoms. The van der Waals surface area contributed by atoms with Gasteiger partial charge in [0.1, 0.15) is 0 Å². The number of aliphatic imine (C=N–C) groups is 1. The number of nitrogens with one attached hydrogen (secondary N) is 1. The van der Waals surface area contributed by atoms with E-state index in [4.69, 9.17) is 9.73 Å². The highest BCUT2D eigenvalue weighted by molar-refractivity contribution is 5.80. The number of piperidine rings is 1. The topological polar surface area (TPSA) is 36.9 Å². The van der Waals surface area contributed by atoms with E-state index in [0.29, 0.717) is 6.10 Å². The maximum atomic E-state index is 5.65. The van der Waals surface area contributed by atoms with E-state index >= 15 is 0 Å². The van der Waals surface area contributed by atoms with Gasteiger partial charge in [-0.05, 0) is 44.9 Å². The number of hydrogen-bond acceptors (Lipinski definition) is 2. The van der Waals surface area contributed by atoms with Crippen molar-refractivity contribution in [2.45, 2.75) is 52.1 Å². The van der Waals surface area contributed by atoms with E-state index < -0.39 is 0 Å². The Labute approximate surface area is 117 Å². The first kappa shape index (κ1) is 14.6. The summed E-state index contributed by atoms with van der Waals surface area (Å²) in [6, 6.07) is 0. The zero-order valence-electron chi connectivity index (χ0n) is 12.5. The van der Waals surface area contributed by atoms with Gasteiger partial charge in [0.2, 0.25) is 0 Å². The lowest BCUT2D eigenvalue weighted by Gasteiger charge is -2.33. The molecule has 4 nitrogen and oxygen atoms in total. The molecule has 1 N–H and O–H groups in total. The number of guanidine groups is 1. The minimum Gasteiger partial charge on any atom is -0.378 e. The first-order valence-corrected chi connectivity index (χ1v) is 7.94. The lowest BCUT2D eigenvalue weighted by atomic mass is 10.00. The fourth-order valence-corrected chi connectivity index (χ4v) is 2.83. The summed E-state index contributed by atoms with van der Waals surface area (Å²) in [4.78, 5) is 7.19. The molecule has 2 saturated heterocycles. The second-order valence-electron chi connectivity index (χ2n) is 5.83. The Bertz CT molecular complexity index is 279. The van der Waals surface area contributed by atoms with Crippen LogP contribution in [0.4, 0.5) is 0 Å². The average Bonchev–Trinajstić information content (AvgIpc) is 2.92. The molecule has 0 radical (unpaired) electrons. The summed E-state index contributed by atoms with van der Waals surface area (Å²) >= 11 is 0. The summed E-state index contributed by atoms with van der Waals surface area (Å²) in [6.07, 6.45) is 6.53. The van der Waals surface area contributed by atoms with Crippen LogP contribution in [0.2, 0.25) is 0 Å². The summed E-state index contributed by atoms with van der Waals surface area (Å²) in [5.74, 6) is 1.97. The van der Waals surface area contributed by atoms with E-state index in [1.54, 1.807) is 0 Å². The molecule has 110 valence electrons. The van der Waals surface area contributed by atoms with Gasteiger partial charge in [0.15, 0.2) is 5.96 Å². The summed E-state index contributed by atoms with van der Waals surface area (Å²) in [6.45, 7) is 9.56. The van der Waals surface area contributed by atoms with Crippen LogP contribution in [-0.4, -0.2) is 49.7 Å². The van der Waals surface area contributed by atoms with Crippen molar-refractivity contribution < 1.29 is 4.74 Å². The Kier molecular flexibility index (Phi) is 5.95. The van der Waals surface area contributed by atoms with E-state index in [-0.39, 0.29) is 0 Å². The van der Waals surface area contributed by atoms with Crippen molar-refractivity contribution >= 4 is 5.96 Å². The van der Waals surface area contributed by atoms with Gasteiger partial charge in [-0.3, -0.25) is 4.99 Å². The smallest absolute Gasteiger partial charge is 0.193 e. The van der Waals surface area contributed by atoms with Gasteiger partial charge in [-0.25, -0.2) is 0 Å². The normalized spacial score (nSPS) is 25.9. The number of nitrogens with zero attached hydrogens (tertiary/aromatic N) is 2. The van der Waals surface area contributed by atoms with E-state index in [2.05, 4.69) is 24.1 Å². The van der Waals surface area contributed by atoms with Crippen molar-refractivity contribution in [3.63, 3.8) is 0 Å². The average molecular weight is 267 g/mol. The molecule has 1 atom stereocenters. The van der Waals surface area contributed by atoms with Crippen LogP contribution in [0, 0.1) is 5.92 Å². The molecule has 0 aliphatic carbocycles. The van der Waals surface area contributed by atoms with Gasteiger partial charge in [0.05, 0.1) is 6.10 Å². The molecule has 0 bridgehead atoms. The minimum atomic E-state index is 0.452. The molecular weight excluding hydrogens is 238 g/mol. The summed E-state index contributed by atoms with van der Waals surface area (Å²) in [5.41, 5.74) is 0. The lowest BCUT2D eigenvalue weighted by molar-refractivity contribution is 0.106. The van der Waals surface area contributed by atoms with Gasteiger partial charge < -0.3 is 15.0 Å². The number of ether oxygens (including phenoxy) is 1. The van der Waals surface area contributed by atoms with E-state index in [1.165, 1.54) is 25.7 Å². The molecule has 0 aromatic heterocycles. The van der Waals surface area contributed by atoms with Crippen LogP contribution < -0.4 is 5.32 Å². The number of rotatable bonds is 4. The molecule has 19 heavy (non-hydrogen) atoms. The van der Waals surface area contributed by atoms with Crippen molar-refractivity contribution in [2.75, 3.05) is 32.8 Å². The first-order valence-electron chi connectivity index (χ1n) is 7.94. The maximum Gasteiger partial charge on any atom is 0.193 e. The second-order valence-corrected chi connectivity index (χ2v) is 5.83. The molecule has 0 amide bonds. The zero-order chi connectivity index (χ0) is 13.5. The van der Waals surface area contributed by atoms with Gasteiger partial charge >= 0.3 is 0 Å². The Hall–Kier alpha value is -0.770. The Morgan fingerprint density at radius 2 is 2.11 bits per heavy atom. The molecule has 2 heterocycles. The minimum absolute atomic E-state index is 0.452.